The monoisotopic (exact) mass is 355 g/mol. The highest BCUT2D eigenvalue weighted by molar-refractivity contribution is 5.97. The zero-order chi connectivity index (χ0) is 19.1. The molecule has 2 aromatic rings. The van der Waals surface area contributed by atoms with Gasteiger partial charge in [0, 0.05) is 16.8 Å². The SMILES string of the molecule is COc1ccc(C)cc1CC(=O)OCC(=O)Nc1cccc(C(C)=O)c1. The van der Waals surface area contributed by atoms with Crippen molar-refractivity contribution in [3.05, 3.63) is 59.2 Å². The third kappa shape index (κ3) is 5.44. The van der Waals surface area contributed by atoms with Crippen LogP contribution in [0.25, 0.3) is 0 Å². The van der Waals surface area contributed by atoms with Crippen LogP contribution in [0.15, 0.2) is 42.5 Å². The first-order valence-electron chi connectivity index (χ1n) is 8.09. The van der Waals surface area contributed by atoms with Gasteiger partial charge in [-0.3, -0.25) is 14.4 Å². The number of carbonyl (C=O) groups excluding carboxylic acids is 3. The predicted molar refractivity (Wildman–Crippen MR) is 97.5 cm³/mol. The molecule has 0 aromatic heterocycles. The number of ether oxygens (including phenoxy) is 2. The molecule has 136 valence electrons. The highest BCUT2D eigenvalue weighted by Crippen LogP contribution is 2.20. The number of ketones is 1. The number of rotatable bonds is 7. The Balaban J connectivity index is 1.89. The van der Waals surface area contributed by atoms with E-state index in [0.29, 0.717) is 22.6 Å². The van der Waals surface area contributed by atoms with E-state index in [0.717, 1.165) is 5.56 Å². The summed E-state index contributed by atoms with van der Waals surface area (Å²) in [5.41, 5.74) is 2.66. The average Bonchev–Trinajstić information content (AvgIpc) is 2.60. The molecule has 1 N–H and O–H groups in total. The predicted octanol–water partition coefficient (Wildman–Crippen LogP) is 2.93. The average molecular weight is 355 g/mol. The van der Waals surface area contributed by atoms with Crippen LogP contribution in [0.2, 0.25) is 0 Å². The van der Waals surface area contributed by atoms with Crippen LogP contribution in [0.1, 0.15) is 28.4 Å². The molecule has 0 unspecified atom stereocenters. The molecule has 0 aliphatic carbocycles. The van der Waals surface area contributed by atoms with E-state index in [-0.39, 0.29) is 12.2 Å². The third-order valence-corrected chi connectivity index (χ3v) is 3.69. The van der Waals surface area contributed by atoms with E-state index in [1.165, 1.54) is 14.0 Å². The summed E-state index contributed by atoms with van der Waals surface area (Å²) in [6.45, 7) is 2.95. The number of aryl methyl sites for hydroxylation is 1. The molecule has 0 aliphatic heterocycles. The Hall–Kier alpha value is -3.15. The van der Waals surface area contributed by atoms with Crippen molar-refractivity contribution in [2.45, 2.75) is 20.3 Å². The third-order valence-electron chi connectivity index (χ3n) is 3.69. The fraction of sp³-hybridized carbons (Fsp3) is 0.250. The fourth-order valence-electron chi connectivity index (χ4n) is 2.41. The van der Waals surface area contributed by atoms with Crippen LogP contribution in [0.3, 0.4) is 0 Å². The zero-order valence-corrected chi connectivity index (χ0v) is 15.0. The number of hydrogen-bond acceptors (Lipinski definition) is 5. The van der Waals surface area contributed by atoms with Crippen molar-refractivity contribution in [1.29, 1.82) is 0 Å². The topological polar surface area (TPSA) is 81.7 Å². The maximum atomic E-state index is 12.0. The molecule has 1 amide bonds. The Morgan fingerprint density at radius 3 is 2.54 bits per heavy atom. The number of carbonyl (C=O) groups is 3. The first kappa shape index (κ1) is 19.2. The molecule has 0 bridgehead atoms. The molecule has 6 heteroatoms. The van der Waals surface area contributed by atoms with Gasteiger partial charge in [-0.05, 0) is 32.0 Å². The van der Waals surface area contributed by atoms with E-state index < -0.39 is 18.5 Å². The van der Waals surface area contributed by atoms with Gasteiger partial charge in [-0.2, -0.15) is 0 Å². The van der Waals surface area contributed by atoms with E-state index in [1.807, 2.05) is 19.1 Å². The first-order chi connectivity index (χ1) is 12.4. The summed E-state index contributed by atoms with van der Waals surface area (Å²) in [6, 6.07) is 12.1. The summed E-state index contributed by atoms with van der Waals surface area (Å²) < 4.78 is 10.2. The maximum Gasteiger partial charge on any atom is 0.310 e. The summed E-state index contributed by atoms with van der Waals surface area (Å²) in [6.07, 6.45) is 0.0119. The van der Waals surface area contributed by atoms with Crippen molar-refractivity contribution >= 4 is 23.3 Å². The molecule has 0 heterocycles. The van der Waals surface area contributed by atoms with E-state index in [1.54, 1.807) is 30.3 Å². The maximum absolute atomic E-state index is 12.0. The van der Waals surface area contributed by atoms with Crippen LogP contribution in [0.5, 0.6) is 5.75 Å². The highest BCUT2D eigenvalue weighted by atomic mass is 16.5. The fourth-order valence-corrected chi connectivity index (χ4v) is 2.41. The molecule has 0 atom stereocenters. The van der Waals surface area contributed by atoms with Crippen molar-refractivity contribution in [2.24, 2.45) is 0 Å². The van der Waals surface area contributed by atoms with Crippen LogP contribution in [-0.4, -0.2) is 31.4 Å². The second-order valence-electron chi connectivity index (χ2n) is 5.84. The van der Waals surface area contributed by atoms with E-state index in [9.17, 15) is 14.4 Å². The number of nitrogens with one attached hydrogen (secondary N) is 1. The van der Waals surface area contributed by atoms with Gasteiger partial charge in [0.05, 0.1) is 13.5 Å². The van der Waals surface area contributed by atoms with Crippen molar-refractivity contribution in [3.8, 4) is 5.75 Å². The second kappa shape index (κ2) is 8.80. The lowest BCUT2D eigenvalue weighted by Gasteiger charge is -2.10. The molecule has 0 radical (unpaired) electrons. The van der Waals surface area contributed by atoms with Gasteiger partial charge >= 0.3 is 5.97 Å². The van der Waals surface area contributed by atoms with Crippen LogP contribution in [0.4, 0.5) is 5.69 Å². The van der Waals surface area contributed by atoms with Crippen molar-refractivity contribution in [1.82, 2.24) is 0 Å². The van der Waals surface area contributed by atoms with Gasteiger partial charge in [0.25, 0.3) is 5.91 Å². The first-order valence-corrected chi connectivity index (χ1v) is 8.09. The molecule has 0 saturated carbocycles. The van der Waals surface area contributed by atoms with Gasteiger partial charge in [0.1, 0.15) is 5.75 Å². The number of methoxy groups -OCH3 is 1. The number of esters is 1. The van der Waals surface area contributed by atoms with Gasteiger partial charge < -0.3 is 14.8 Å². The number of amides is 1. The Labute approximate surface area is 152 Å². The largest absolute Gasteiger partial charge is 0.496 e. The molecule has 6 nitrogen and oxygen atoms in total. The quantitative estimate of drug-likeness (QED) is 0.610. The second-order valence-corrected chi connectivity index (χ2v) is 5.84. The van der Waals surface area contributed by atoms with Crippen LogP contribution < -0.4 is 10.1 Å². The lowest BCUT2D eigenvalue weighted by atomic mass is 10.1. The van der Waals surface area contributed by atoms with E-state index in [2.05, 4.69) is 5.32 Å². The Morgan fingerprint density at radius 1 is 1.08 bits per heavy atom. The minimum atomic E-state index is -0.526. The highest BCUT2D eigenvalue weighted by Gasteiger charge is 2.12. The molecule has 2 aromatic carbocycles. The number of Topliss-reactive ketones (excluding diaryl/α,β-unsaturated/α-hetero) is 1. The summed E-state index contributed by atoms with van der Waals surface area (Å²) in [5, 5.41) is 2.60. The molecule has 26 heavy (non-hydrogen) atoms. The normalized spacial score (nSPS) is 10.1. The zero-order valence-electron chi connectivity index (χ0n) is 15.0. The van der Waals surface area contributed by atoms with Gasteiger partial charge in [0.2, 0.25) is 0 Å². The summed E-state index contributed by atoms with van der Waals surface area (Å²) in [4.78, 5) is 35.3. The Kier molecular flexibility index (Phi) is 6.49. The standard InChI is InChI=1S/C20H21NO5/c1-13-7-8-18(25-3)16(9-13)11-20(24)26-12-19(23)21-17-6-4-5-15(10-17)14(2)22/h4-10H,11-12H2,1-3H3,(H,21,23). The van der Waals surface area contributed by atoms with E-state index >= 15 is 0 Å². The van der Waals surface area contributed by atoms with Gasteiger partial charge in [-0.25, -0.2) is 0 Å². The molecule has 0 aliphatic rings. The Morgan fingerprint density at radius 2 is 1.85 bits per heavy atom. The minimum Gasteiger partial charge on any atom is -0.496 e. The summed E-state index contributed by atoms with van der Waals surface area (Å²) >= 11 is 0. The van der Waals surface area contributed by atoms with Gasteiger partial charge in [0.15, 0.2) is 12.4 Å². The van der Waals surface area contributed by atoms with Crippen molar-refractivity contribution in [3.63, 3.8) is 0 Å². The molecule has 0 saturated heterocycles. The lowest BCUT2D eigenvalue weighted by Crippen LogP contribution is -2.21. The van der Waals surface area contributed by atoms with Crippen LogP contribution in [-0.2, 0) is 20.7 Å². The number of benzene rings is 2. The molecule has 0 spiro atoms. The van der Waals surface area contributed by atoms with Gasteiger partial charge in [-0.15, -0.1) is 0 Å². The molecular weight excluding hydrogens is 334 g/mol. The minimum absolute atomic E-state index is 0.0119. The van der Waals surface area contributed by atoms with Crippen molar-refractivity contribution in [2.75, 3.05) is 19.0 Å². The number of hydrogen-bond donors (Lipinski definition) is 1. The van der Waals surface area contributed by atoms with Crippen molar-refractivity contribution < 1.29 is 23.9 Å². The lowest BCUT2D eigenvalue weighted by molar-refractivity contribution is -0.146. The van der Waals surface area contributed by atoms with E-state index in [4.69, 9.17) is 9.47 Å². The molecular formula is C20H21NO5. The molecule has 0 fully saturated rings. The Bertz CT molecular complexity index is 829. The summed E-state index contributed by atoms with van der Waals surface area (Å²) in [7, 11) is 1.53. The molecule has 2 rings (SSSR count). The van der Waals surface area contributed by atoms with Gasteiger partial charge in [-0.1, -0.05) is 29.8 Å². The number of anilines is 1. The summed E-state index contributed by atoms with van der Waals surface area (Å²) in [5.74, 6) is -0.505. The van der Waals surface area contributed by atoms with Crippen LogP contribution in [0, 0.1) is 6.92 Å². The van der Waals surface area contributed by atoms with Crippen LogP contribution >= 0.6 is 0 Å². The smallest absolute Gasteiger partial charge is 0.310 e.